The van der Waals surface area contributed by atoms with Crippen LogP contribution >= 0.6 is 0 Å². The molecule has 3 heteroatoms. The molecule has 1 aliphatic heterocycles. The Bertz CT molecular complexity index is 419. The second-order valence-electron chi connectivity index (χ2n) is 5.18. The molecule has 1 saturated heterocycles. The highest BCUT2D eigenvalue weighted by Crippen LogP contribution is 2.32. The van der Waals surface area contributed by atoms with Crippen LogP contribution in [0.3, 0.4) is 0 Å². The maximum absolute atomic E-state index is 13.2. The topological polar surface area (TPSA) is 15.3 Å². The number of anilines is 1. The van der Waals surface area contributed by atoms with Gasteiger partial charge < -0.3 is 10.2 Å². The van der Waals surface area contributed by atoms with Crippen LogP contribution in [-0.2, 0) is 0 Å². The van der Waals surface area contributed by atoms with Crippen molar-refractivity contribution in [1.29, 1.82) is 0 Å². The number of aryl methyl sites for hydroxylation is 1. The predicted octanol–water partition coefficient (Wildman–Crippen LogP) is 2.46. The third-order valence-corrected chi connectivity index (χ3v) is 4.11. The Labute approximate surface area is 102 Å². The molecule has 1 aromatic rings. The molecule has 0 unspecified atom stereocenters. The van der Waals surface area contributed by atoms with Crippen LogP contribution in [0.15, 0.2) is 18.2 Å². The summed E-state index contributed by atoms with van der Waals surface area (Å²) in [5.74, 6) is -0.135. The number of benzene rings is 1. The molecule has 1 aromatic carbocycles. The Hall–Kier alpha value is -1.09. The fraction of sp³-hybridized carbons (Fsp3) is 0.571. The first-order chi connectivity index (χ1) is 8.25. The lowest BCUT2D eigenvalue weighted by molar-refractivity contribution is 0.403. The Kier molecular flexibility index (Phi) is 2.79. The molecule has 0 bridgehead atoms. The summed E-state index contributed by atoms with van der Waals surface area (Å²) in [5, 5.41) is 3.60. The van der Waals surface area contributed by atoms with E-state index in [0.717, 1.165) is 18.7 Å². The zero-order chi connectivity index (χ0) is 11.8. The maximum atomic E-state index is 13.2. The zero-order valence-corrected chi connectivity index (χ0v) is 10.2. The van der Waals surface area contributed by atoms with Gasteiger partial charge in [-0.3, -0.25) is 0 Å². The summed E-state index contributed by atoms with van der Waals surface area (Å²) < 4.78 is 13.2. The number of piperazine rings is 1. The Morgan fingerprint density at radius 3 is 3.06 bits per heavy atom. The van der Waals surface area contributed by atoms with Gasteiger partial charge in [0, 0.05) is 30.9 Å². The fourth-order valence-electron chi connectivity index (χ4n) is 3.33. The molecule has 3 rings (SSSR count). The summed E-state index contributed by atoms with van der Waals surface area (Å²) in [6.07, 6.45) is 3.84. The highest BCUT2D eigenvalue weighted by atomic mass is 19.1. The first kappa shape index (κ1) is 11.0. The standard InChI is InChI=1S/C14H19FN2/c1-10-9-11(15)5-6-13(10)17-8-7-16-12-3-2-4-14(12)17/h5-6,9,12,14,16H,2-4,7-8H2,1H3/t12-,14+/m1/s1. The lowest BCUT2D eigenvalue weighted by atomic mass is 10.0. The number of halogens is 1. The average Bonchev–Trinajstić information content (AvgIpc) is 2.77. The molecule has 2 atom stereocenters. The molecule has 2 nitrogen and oxygen atoms in total. The van der Waals surface area contributed by atoms with Crippen LogP contribution in [0.2, 0.25) is 0 Å². The molecule has 0 amide bonds. The van der Waals surface area contributed by atoms with E-state index < -0.39 is 0 Å². The van der Waals surface area contributed by atoms with E-state index in [9.17, 15) is 4.39 Å². The van der Waals surface area contributed by atoms with Crippen molar-refractivity contribution in [2.45, 2.75) is 38.3 Å². The molecule has 0 radical (unpaired) electrons. The molecule has 1 heterocycles. The molecular weight excluding hydrogens is 215 g/mol. The Morgan fingerprint density at radius 2 is 2.24 bits per heavy atom. The van der Waals surface area contributed by atoms with E-state index in [-0.39, 0.29) is 5.82 Å². The van der Waals surface area contributed by atoms with Gasteiger partial charge in [0.15, 0.2) is 0 Å². The number of rotatable bonds is 1. The van der Waals surface area contributed by atoms with Crippen LogP contribution in [0.4, 0.5) is 10.1 Å². The average molecular weight is 234 g/mol. The van der Waals surface area contributed by atoms with Crippen LogP contribution in [-0.4, -0.2) is 25.2 Å². The quantitative estimate of drug-likeness (QED) is 0.803. The van der Waals surface area contributed by atoms with Gasteiger partial charge in [-0.05, 0) is 49.9 Å². The monoisotopic (exact) mass is 234 g/mol. The second-order valence-corrected chi connectivity index (χ2v) is 5.18. The summed E-state index contributed by atoms with van der Waals surface area (Å²) in [6.45, 7) is 4.08. The van der Waals surface area contributed by atoms with Gasteiger partial charge in [0.1, 0.15) is 5.82 Å². The first-order valence-electron chi connectivity index (χ1n) is 6.52. The summed E-state index contributed by atoms with van der Waals surface area (Å²) in [6, 6.07) is 6.39. The second kappa shape index (κ2) is 4.30. The van der Waals surface area contributed by atoms with E-state index in [4.69, 9.17) is 0 Å². The van der Waals surface area contributed by atoms with Gasteiger partial charge in [0.2, 0.25) is 0 Å². The SMILES string of the molecule is Cc1cc(F)ccc1N1CCN[C@@H]2CCC[C@@H]21. The van der Waals surface area contributed by atoms with Crippen LogP contribution < -0.4 is 10.2 Å². The minimum atomic E-state index is -0.135. The van der Waals surface area contributed by atoms with E-state index in [0.29, 0.717) is 12.1 Å². The molecule has 1 N–H and O–H groups in total. The van der Waals surface area contributed by atoms with Gasteiger partial charge in [-0.15, -0.1) is 0 Å². The minimum Gasteiger partial charge on any atom is -0.365 e. The zero-order valence-electron chi connectivity index (χ0n) is 10.2. The lowest BCUT2D eigenvalue weighted by Gasteiger charge is -2.40. The number of fused-ring (bicyclic) bond motifs is 1. The van der Waals surface area contributed by atoms with Crippen molar-refractivity contribution in [3.63, 3.8) is 0 Å². The van der Waals surface area contributed by atoms with Crippen molar-refractivity contribution in [3.8, 4) is 0 Å². The number of nitrogens with one attached hydrogen (secondary N) is 1. The van der Waals surface area contributed by atoms with E-state index in [1.54, 1.807) is 12.1 Å². The highest BCUT2D eigenvalue weighted by Gasteiger charge is 2.35. The normalized spacial score (nSPS) is 28.2. The van der Waals surface area contributed by atoms with Gasteiger partial charge in [0.05, 0.1) is 0 Å². The molecule has 1 aliphatic carbocycles. The van der Waals surface area contributed by atoms with Crippen LogP contribution in [0.1, 0.15) is 24.8 Å². The number of hydrogen-bond donors (Lipinski definition) is 1. The van der Waals surface area contributed by atoms with E-state index in [2.05, 4.69) is 10.2 Å². The van der Waals surface area contributed by atoms with Gasteiger partial charge >= 0.3 is 0 Å². The van der Waals surface area contributed by atoms with Gasteiger partial charge in [0.25, 0.3) is 0 Å². The Balaban J connectivity index is 1.91. The van der Waals surface area contributed by atoms with Crippen LogP contribution in [0.5, 0.6) is 0 Å². The smallest absolute Gasteiger partial charge is 0.123 e. The fourth-order valence-corrected chi connectivity index (χ4v) is 3.33. The molecule has 2 fully saturated rings. The van der Waals surface area contributed by atoms with Gasteiger partial charge in [-0.2, -0.15) is 0 Å². The van der Waals surface area contributed by atoms with E-state index in [1.807, 2.05) is 13.0 Å². The van der Waals surface area contributed by atoms with Crippen LogP contribution in [0.25, 0.3) is 0 Å². The van der Waals surface area contributed by atoms with E-state index in [1.165, 1.54) is 24.9 Å². The summed E-state index contributed by atoms with van der Waals surface area (Å²) in [4.78, 5) is 2.48. The molecule has 2 aliphatic rings. The van der Waals surface area contributed by atoms with Crippen molar-refractivity contribution >= 4 is 5.69 Å². The molecule has 92 valence electrons. The molecule has 0 spiro atoms. The summed E-state index contributed by atoms with van der Waals surface area (Å²) in [5.41, 5.74) is 2.27. The highest BCUT2D eigenvalue weighted by molar-refractivity contribution is 5.55. The third kappa shape index (κ3) is 1.93. The number of hydrogen-bond acceptors (Lipinski definition) is 2. The molecule has 1 saturated carbocycles. The van der Waals surface area contributed by atoms with Crippen molar-refractivity contribution in [3.05, 3.63) is 29.6 Å². The van der Waals surface area contributed by atoms with Crippen LogP contribution in [0, 0.1) is 12.7 Å². The molecular formula is C14H19FN2. The predicted molar refractivity (Wildman–Crippen MR) is 67.9 cm³/mol. The van der Waals surface area contributed by atoms with Crippen molar-refractivity contribution < 1.29 is 4.39 Å². The first-order valence-corrected chi connectivity index (χ1v) is 6.52. The van der Waals surface area contributed by atoms with E-state index >= 15 is 0 Å². The summed E-state index contributed by atoms with van der Waals surface area (Å²) in [7, 11) is 0. The molecule has 17 heavy (non-hydrogen) atoms. The lowest BCUT2D eigenvalue weighted by Crippen LogP contribution is -2.55. The molecule has 0 aromatic heterocycles. The van der Waals surface area contributed by atoms with Crippen molar-refractivity contribution in [2.75, 3.05) is 18.0 Å². The Morgan fingerprint density at radius 1 is 1.35 bits per heavy atom. The summed E-state index contributed by atoms with van der Waals surface area (Å²) >= 11 is 0. The minimum absolute atomic E-state index is 0.135. The number of nitrogens with zero attached hydrogens (tertiary/aromatic N) is 1. The largest absolute Gasteiger partial charge is 0.365 e. The maximum Gasteiger partial charge on any atom is 0.123 e. The van der Waals surface area contributed by atoms with Crippen molar-refractivity contribution in [2.24, 2.45) is 0 Å². The third-order valence-electron chi connectivity index (χ3n) is 4.11. The van der Waals surface area contributed by atoms with Gasteiger partial charge in [-0.25, -0.2) is 4.39 Å². The van der Waals surface area contributed by atoms with Crippen molar-refractivity contribution in [1.82, 2.24) is 5.32 Å². The van der Waals surface area contributed by atoms with Gasteiger partial charge in [-0.1, -0.05) is 0 Å².